The molecular formula is C12H18ClN. The highest BCUT2D eigenvalue weighted by Gasteiger charge is 2.09. The minimum Gasteiger partial charge on any atom is -0.324 e. The Morgan fingerprint density at radius 2 is 2.00 bits per heavy atom. The second-order valence-electron chi connectivity index (χ2n) is 3.88. The number of nitrogens with two attached hydrogens (primary N) is 1. The molecule has 0 amide bonds. The predicted molar refractivity (Wildman–Crippen MR) is 62.8 cm³/mol. The Hall–Kier alpha value is -0.530. The molecule has 0 saturated heterocycles. The van der Waals surface area contributed by atoms with Gasteiger partial charge in [0.1, 0.15) is 0 Å². The van der Waals surface area contributed by atoms with Crippen molar-refractivity contribution < 1.29 is 0 Å². The summed E-state index contributed by atoms with van der Waals surface area (Å²) in [6, 6.07) is 6.19. The molecule has 2 unspecified atom stereocenters. The summed E-state index contributed by atoms with van der Waals surface area (Å²) in [5.74, 6) is 0.518. The maximum Gasteiger partial charge on any atom is 0.0444 e. The number of halogens is 1. The van der Waals surface area contributed by atoms with Gasteiger partial charge in [0.2, 0.25) is 0 Å². The average Bonchev–Trinajstić information content (AvgIpc) is 2.16. The predicted octanol–water partition coefficient (Wildman–Crippen LogP) is 3.87. The summed E-state index contributed by atoms with van der Waals surface area (Å²) >= 11 is 6.19. The van der Waals surface area contributed by atoms with Gasteiger partial charge in [-0.3, -0.25) is 0 Å². The van der Waals surface area contributed by atoms with Crippen molar-refractivity contribution in [2.45, 2.75) is 39.2 Å². The van der Waals surface area contributed by atoms with Crippen molar-refractivity contribution in [2.75, 3.05) is 0 Å². The first-order chi connectivity index (χ1) is 6.56. The van der Waals surface area contributed by atoms with Gasteiger partial charge in [0, 0.05) is 11.1 Å². The normalized spacial score (nSPS) is 15.2. The molecule has 0 aliphatic carbocycles. The number of benzene rings is 1. The monoisotopic (exact) mass is 211 g/mol. The highest BCUT2D eigenvalue weighted by atomic mass is 35.5. The molecule has 0 aliphatic rings. The molecule has 0 heterocycles. The lowest BCUT2D eigenvalue weighted by Crippen LogP contribution is -2.05. The van der Waals surface area contributed by atoms with Crippen molar-refractivity contribution in [2.24, 2.45) is 5.73 Å². The van der Waals surface area contributed by atoms with Crippen molar-refractivity contribution in [3.8, 4) is 0 Å². The second-order valence-corrected chi connectivity index (χ2v) is 4.29. The van der Waals surface area contributed by atoms with Crippen LogP contribution in [0.3, 0.4) is 0 Å². The molecule has 1 aromatic rings. The maximum atomic E-state index is 6.19. The topological polar surface area (TPSA) is 26.0 Å². The van der Waals surface area contributed by atoms with E-state index in [0.29, 0.717) is 5.92 Å². The molecule has 2 N–H and O–H groups in total. The standard InChI is InChI=1S/C12H18ClN/c1-4-8(2)11-6-5-10(9(3)14)7-12(11)13/h5-9H,4,14H2,1-3H3. The van der Waals surface area contributed by atoms with Gasteiger partial charge in [-0.15, -0.1) is 0 Å². The van der Waals surface area contributed by atoms with Crippen LogP contribution < -0.4 is 5.73 Å². The molecule has 1 aromatic carbocycles. The molecule has 78 valence electrons. The van der Waals surface area contributed by atoms with Gasteiger partial charge in [-0.05, 0) is 36.5 Å². The fourth-order valence-electron chi connectivity index (χ4n) is 1.45. The molecule has 1 nitrogen and oxygen atoms in total. The molecular weight excluding hydrogens is 194 g/mol. The summed E-state index contributed by atoms with van der Waals surface area (Å²) in [6.45, 7) is 6.32. The smallest absolute Gasteiger partial charge is 0.0444 e. The SMILES string of the molecule is CCC(C)c1ccc(C(C)N)cc1Cl. The zero-order chi connectivity index (χ0) is 10.7. The van der Waals surface area contributed by atoms with E-state index in [-0.39, 0.29) is 6.04 Å². The molecule has 0 aromatic heterocycles. The van der Waals surface area contributed by atoms with Crippen molar-refractivity contribution in [3.63, 3.8) is 0 Å². The van der Waals surface area contributed by atoms with E-state index in [0.717, 1.165) is 17.0 Å². The van der Waals surface area contributed by atoms with E-state index in [2.05, 4.69) is 26.0 Å². The van der Waals surface area contributed by atoms with E-state index >= 15 is 0 Å². The van der Waals surface area contributed by atoms with Gasteiger partial charge in [0.05, 0.1) is 0 Å². The lowest BCUT2D eigenvalue weighted by molar-refractivity contribution is 0.731. The summed E-state index contributed by atoms with van der Waals surface area (Å²) in [7, 11) is 0. The quantitative estimate of drug-likeness (QED) is 0.807. The van der Waals surface area contributed by atoms with E-state index in [4.69, 9.17) is 17.3 Å². The molecule has 2 atom stereocenters. The van der Waals surface area contributed by atoms with Crippen molar-refractivity contribution in [1.82, 2.24) is 0 Å². The fourth-order valence-corrected chi connectivity index (χ4v) is 1.82. The van der Waals surface area contributed by atoms with Gasteiger partial charge >= 0.3 is 0 Å². The first-order valence-electron chi connectivity index (χ1n) is 5.11. The highest BCUT2D eigenvalue weighted by molar-refractivity contribution is 6.31. The van der Waals surface area contributed by atoms with Crippen molar-refractivity contribution >= 4 is 11.6 Å². The molecule has 1 rings (SSSR count). The molecule has 2 heteroatoms. The molecule has 0 radical (unpaired) electrons. The van der Waals surface area contributed by atoms with Crippen LogP contribution in [0.2, 0.25) is 5.02 Å². The molecule has 0 aliphatic heterocycles. The molecule has 0 bridgehead atoms. The van der Waals surface area contributed by atoms with Gasteiger partial charge in [0.25, 0.3) is 0 Å². The van der Waals surface area contributed by atoms with Crippen LogP contribution in [-0.4, -0.2) is 0 Å². The summed E-state index contributed by atoms with van der Waals surface area (Å²) < 4.78 is 0. The zero-order valence-corrected chi connectivity index (χ0v) is 9.81. The van der Waals surface area contributed by atoms with E-state index in [9.17, 15) is 0 Å². The van der Waals surface area contributed by atoms with Crippen LogP contribution in [0, 0.1) is 0 Å². The molecule has 14 heavy (non-hydrogen) atoms. The summed E-state index contributed by atoms with van der Waals surface area (Å²) in [5.41, 5.74) is 8.10. The first kappa shape index (κ1) is 11.5. The van der Waals surface area contributed by atoms with Gasteiger partial charge in [-0.2, -0.15) is 0 Å². The summed E-state index contributed by atoms with van der Waals surface area (Å²) in [6.07, 6.45) is 1.11. The minimum absolute atomic E-state index is 0.0542. The van der Waals surface area contributed by atoms with Gasteiger partial charge < -0.3 is 5.73 Å². The Balaban J connectivity index is 3.01. The van der Waals surface area contributed by atoms with Crippen LogP contribution in [0.25, 0.3) is 0 Å². The van der Waals surface area contributed by atoms with E-state index < -0.39 is 0 Å². The minimum atomic E-state index is 0.0542. The number of rotatable bonds is 3. The van der Waals surface area contributed by atoms with Gasteiger partial charge in [-0.1, -0.05) is 37.6 Å². The van der Waals surface area contributed by atoms with Gasteiger partial charge in [0.15, 0.2) is 0 Å². The van der Waals surface area contributed by atoms with Crippen LogP contribution in [-0.2, 0) is 0 Å². The van der Waals surface area contributed by atoms with E-state index in [1.807, 2.05) is 13.0 Å². The second kappa shape index (κ2) is 4.81. The number of hydrogen-bond acceptors (Lipinski definition) is 1. The Kier molecular flexibility index (Phi) is 3.97. The van der Waals surface area contributed by atoms with Crippen LogP contribution >= 0.6 is 11.6 Å². The maximum absolute atomic E-state index is 6.19. The third-order valence-corrected chi connectivity index (χ3v) is 3.02. The Morgan fingerprint density at radius 3 is 2.43 bits per heavy atom. The first-order valence-corrected chi connectivity index (χ1v) is 5.49. The van der Waals surface area contributed by atoms with Crippen molar-refractivity contribution in [3.05, 3.63) is 34.3 Å². The Morgan fingerprint density at radius 1 is 1.36 bits per heavy atom. The van der Waals surface area contributed by atoms with E-state index in [1.165, 1.54) is 5.56 Å². The number of hydrogen-bond donors (Lipinski definition) is 1. The highest BCUT2D eigenvalue weighted by Crippen LogP contribution is 2.28. The van der Waals surface area contributed by atoms with Gasteiger partial charge in [-0.25, -0.2) is 0 Å². The summed E-state index contributed by atoms with van der Waals surface area (Å²) in [5, 5.41) is 0.842. The molecule has 0 spiro atoms. The Labute approximate surface area is 91.3 Å². The Bertz CT molecular complexity index is 307. The fraction of sp³-hybridized carbons (Fsp3) is 0.500. The lowest BCUT2D eigenvalue weighted by Gasteiger charge is -2.13. The third-order valence-electron chi connectivity index (χ3n) is 2.69. The zero-order valence-electron chi connectivity index (χ0n) is 9.05. The molecule has 0 fully saturated rings. The summed E-state index contributed by atoms with van der Waals surface area (Å²) in [4.78, 5) is 0. The van der Waals surface area contributed by atoms with E-state index in [1.54, 1.807) is 0 Å². The van der Waals surface area contributed by atoms with Crippen LogP contribution in [0.1, 0.15) is 50.3 Å². The molecule has 0 saturated carbocycles. The van der Waals surface area contributed by atoms with Crippen LogP contribution in [0.4, 0.5) is 0 Å². The van der Waals surface area contributed by atoms with Crippen LogP contribution in [0.15, 0.2) is 18.2 Å². The van der Waals surface area contributed by atoms with Crippen molar-refractivity contribution in [1.29, 1.82) is 0 Å². The van der Waals surface area contributed by atoms with Crippen LogP contribution in [0.5, 0.6) is 0 Å². The average molecular weight is 212 g/mol. The largest absolute Gasteiger partial charge is 0.324 e. The third kappa shape index (κ3) is 2.49. The lowest BCUT2D eigenvalue weighted by atomic mass is 9.96.